The van der Waals surface area contributed by atoms with Gasteiger partial charge in [0.05, 0.1) is 11.9 Å². The van der Waals surface area contributed by atoms with Gasteiger partial charge in [-0.25, -0.2) is 13.1 Å². The fourth-order valence-electron chi connectivity index (χ4n) is 1.28. The molecule has 1 aromatic carbocycles. The zero-order chi connectivity index (χ0) is 13.1. The predicted molar refractivity (Wildman–Crippen MR) is 68.5 cm³/mol. The lowest BCUT2D eigenvalue weighted by Crippen LogP contribution is -2.36. The van der Waals surface area contributed by atoms with Crippen molar-refractivity contribution < 1.29 is 13.5 Å². The van der Waals surface area contributed by atoms with E-state index < -0.39 is 21.9 Å². The number of aliphatic hydroxyl groups is 1. The quantitative estimate of drug-likeness (QED) is 0.861. The summed E-state index contributed by atoms with van der Waals surface area (Å²) in [4.78, 5) is 0. The van der Waals surface area contributed by atoms with E-state index in [0.29, 0.717) is 5.02 Å². The first-order valence-electron chi connectivity index (χ1n) is 5.24. The first-order chi connectivity index (χ1) is 7.86. The van der Waals surface area contributed by atoms with Gasteiger partial charge >= 0.3 is 0 Å². The first-order valence-corrected chi connectivity index (χ1v) is 7.16. The van der Waals surface area contributed by atoms with Crippen molar-refractivity contribution in [2.45, 2.75) is 25.1 Å². The smallest absolute Gasteiger partial charge is 0.217 e. The summed E-state index contributed by atoms with van der Waals surface area (Å²) in [7, 11) is -3.50. The molecule has 0 radical (unpaired) electrons. The summed E-state index contributed by atoms with van der Waals surface area (Å²) in [6.07, 6.45) is 0. The highest BCUT2D eigenvalue weighted by molar-refractivity contribution is 7.90. The van der Waals surface area contributed by atoms with Crippen LogP contribution in [0.15, 0.2) is 24.3 Å². The third-order valence-electron chi connectivity index (χ3n) is 2.50. The topological polar surface area (TPSA) is 66.4 Å². The lowest BCUT2D eigenvalue weighted by molar-refractivity contribution is 0.294. The Hall–Kier alpha value is -0.620. The monoisotopic (exact) mass is 277 g/mol. The molecule has 0 saturated carbocycles. The van der Waals surface area contributed by atoms with Crippen LogP contribution in [0.4, 0.5) is 0 Å². The second-order valence-corrected chi connectivity index (χ2v) is 6.50. The molecule has 6 heteroatoms. The molecule has 0 fully saturated rings. The molecule has 17 heavy (non-hydrogen) atoms. The molecule has 0 aliphatic heterocycles. The molecule has 0 amide bonds. The zero-order valence-electron chi connectivity index (χ0n) is 9.72. The first kappa shape index (κ1) is 14.4. The maximum atomic E-state index is 11.7. The lowest BCUT2D eigenvalue weighted by atomic mass is 10.1. The van der Waals surface area contributed by atoms with Crippen molar-refractivity contribution in [1.29, 1.82) is 0 Å². The molecular formula is C11H16ClNO3S. The van der Waals surface area contributed by atoms with Crippen molar-refractivity contribution in [1.82, 2.24) is 4.72 Å². The van der Waals surface area contributed by atoms with E-state index in [1.54, 1.807) is 31.2 Å². The van der Waals surface area contributed by atoms with E-state index in [0.717, 1.165) is 5.56 Å². The van der Waals surface area contributed by atoms with Crippen molar-refractivity contribution in [3.8, 4) is 0 Å². The third kappa shape index (κ3) is 3.96. The average molecular weight is 278 g/mol. The minimum absolute atomic E-state index is 0.355. The van der Waals surface area contributed by atoms with E-state index in [9.17, 15) is 8.42 Å². The van der Waals surface area contributed by atoms with Gasteiger partial charge in [0.15, 0.2) is 0 Å². The van der Waals surface area contributed by atoms with Gasteiger partial charge in [0.25, 0.3) is 0 Å². The number of hydrogen-bond acceptors (Lipinski definition) is 3. The van der Waals surface area contributed by atoms with Crippen molar-refractivity contribution in [2.24, 2.45) is 0 Å². The van der Waals surface area contributed by atoms with Crippen molar-refractivity contribution in [3.05, 3.63) is 34.9 Å². The molecule has 0 aliphatic rings. The van der Waals surface area contributed by atoms with Crippen LogP contribution in [0, 0.1) is 0 Å². The summed E-state index contributed by atoms with van der Waals surface area (Å²) in [5, 5.41) is 8.64. The van der Waals surface area contributed by atoms with Gasteiger partial charge in [-0.15, -0.1) is 0 Å². The molecule has 2 N–H and O–H groups in total. The summed E-state index contributed by atoms with van der Waals surface area (Å²) >= 11 is 5.75. The summed E-state index contributed by atoms with van der Waals surface area (Å²) < 4.78 is 25.9. The average Bonchev–Trinajstić information content (AvgIpc) is 2.28. The van der Waals surface area contributed by atoms with Gasteiger partial charge in [-0.05, 0) is 31.5 Å². The largest absolute Gasteiger partial charge is 0.395 e. The molecule has 0 spiro atoms. The number of benzene rings is 1. The minimum Gasteiger partial charge on any atom is -0.395 e. The Balaban J connectivity index is 2.79. The van der Waals surface area contributed by atoms with Crippen LogP contribution in [-0.2, 0) is 10.0 Å². The normalized spacial score (nSPS) is 15.5. The molecular weight excluding hydrogens is 262 g/mol. The third-order valence-corrected chi connectivity index (χ3v) is 4.64. The number of hydrogen-bond donors (Lipinski definition) is 2. The van der Waals surface area contributed by atoms with Gasteiger partial charge in [0, 0.05) is 11.1 Å². The van der Waals surface area contributed by atoms with Gasteiger partial charge in [-0.3, -0.25) is 0 Å². The minimum atomic E-state index is -3.50. The van der Waals surface area contributed by atoms with E-state index >= 15 is 0 Å². The highest BCUT2D eigenvalue weighted by atomic mass is 35.5. The molecule has 1 rings (SSSR count). The van der Waals surface area contributed by atoms with Crippen LogP contribution in [0.3, 0.4) is 0 Å². The van der Waals surface area contributed by atoms with Gasteiger partial charge in [0.2, 0.25) is 10.0 Å². The Morgan fingerprint density at radius 1 is 1.29 bits per heavy atom. The second-order valence-electron chi connectivity index (χ2n) is 3.93. The molecule has 2 atom stereocenters. The standard InChI is InChI=1S/C11H16ClNO3S/c1-8(7-14)17(15,16)13-9(2)10-3-5-11(12)6-4-10/h3-6,8-9,13-14H,7H2,1-2H3. The van der Waals surface area contributed by atoms with Crippen LogP contribution < -0.4 is 4.72 Å². The molecule has 0 saturated heterocycles. The fourth-order valence-corrected chi connectivity index (χ4v) is 2.46. The van der Waals surface area contributed by atoms with Crippen LogP contribution in [0.25, 0.3) is 0 Å². The number of aliphatic hydroxyl groups excluding tert-OH is 1. The number of sulfonamides is 1. The van der Waals surface area contributed by atoms with E-state index in [-0.39, 0.29) is 6.04 Å². The van der Waals surface area contributed by atoms with Crippen LogP contribution >= 0.6 is 11.6 Å². The Morgan fingerprint density at radius 2 is 1.82 bits per heavy atom. The molecule has 2 unspecified atom stereocenters. The Kier molecular flexibility index (Phi) is 4.94. The maximum absolute atomic E-state index is 11.7. The van der Waals surface area contributed by atoms with Gasteiger partial charge < -0.3 is 5.11 Å². The Labute approximate surface area is 107 Å². The SMILES string of the molecule is CC(NS(=O)(=O)C(C)CO)c1ccc(Cl)cc1. The Bertz CT molecular complexity index is 458. The van der Waals surface area contributed by atoms with E-state index in [1.807, 2.05) is 0 Å². The van der Waals surface area contributed by atoms with E-state index in [1.165, 1.54) is 6.92 Å². The van der Waals surface area contributed by atoms with Crippen LogP contribution in [-0.4, -0.2) is 25.4 Å². The predicted octanol–water partition coefficient (Wildman–Crippen LogP) is 1.70. The highest BCUT2D eigenvalue weighted by Gasteiger charge is 2.22. The molecule has 0 aromatic heterocycles. The number of nitrogens with one attached hydrogen (secondary N) is 1. The van der Waals surface area contributed by atoms with Crippen LogP contribution in [0.1, 0.15) is 25.5 Å². The van der Waals surface area contributed by atoms with Gasteiger partial charge in [-0.2, -0.15) is 0 Å². The lowest BCUT2D eigenvalue weighted by Gasteiger charge is -2.17. The Morgan fingerprint density at radius 3 is 2.29 bits per heavy atom. The van der Waals surface area contributed by atoms with Crippen LogP contribution in [0.5, 0.6) is 0 Å². The molecule has 4 nitrogen and oxygen atoms in total. The van der Waals surface area contributed by atoms with Crippen molar-refractivity contribution in [2.75, 3.05) is 6.61 Å². The molecule has 0 heterocycles. The fraction of sp³-hybridized carbons (Fsp3) is 0.455. The second kappa shape index (κ2) is 5.82. The number of halogens is 1. The molecule has 96 valence electrons. The highest BCUT2D eigenvalue weighted by Crippen LogP contribution is 2.17. The summed E-state index contributed by atoms with van der Waals surface area (Å²) in [5.74, 6) is 0. The van der Waals surface area contributed by atoms with Crippen molar-refractivity contribution >= 4 is 21.6 Å². The maximum Gasteiger partial charge on any atom is 0.217 e. The summed E-state index contributed by atoms with van der Waals surface area (Å²) in [5.41, 5.74) is 0.822. The van der Waals surface area contributed by atoms with Crippen LogP contribution in [0.2, 0.25) is 5.02 Å². The van der Waals surface area contributed by atoms with E-state index in [2.05, 4.69) is 4.72 Å². The summed E-state index contributed by atoms with van der Waals surface area (Å²) in [6, 6.07) is 6.58. The van der Waals surface area contributed by atoms with Crippen molar-refractivity contribution in [3.63, 3.8) is 0 Å². The molecule has 1 aromatic rings. The molecule has 0 bridgehead atoms. The van der Waals surface area contributed by atoms with Gasteiger partial charge in [-0.1, -0.05) is 23.7 Å². The zero-order valence-corrected chi connectivity index (χ0v) is 11.3. The van der Waals surface area contributed by atoms with E-state index in [4.69, 9.17) is 16.7 Å². The summed E-state index contributed by atoms with van der Waals surface area (Å²) in [6.45, 7) is 2.80. The molecule has 0 aliphatic carbocycles. The van der Waals surface area contributed by atoms with Gasteiger partial charge in [0.1, 0.15) is 0 Å². The number of rotatable bonds is 5.